The topological polar surface area (TPSA) is 42.4 Å². The number of aromatic nitrogens is 1. The maximum atomic E-state index is 9.74. The molecule has 18 heavy (non-hydrogen) atoms. The van der Waals surface area contributed by atoms with E-state index in [1.807, 2.05) is 31.3 Å². The van der Waals surface area contributed by atoms with E-state index in [0.717, 1.165) is 34.0 Å². The molecule has 0 spiro atoms. The zero-order valence-corrected chi connectivity index (χ0v) is 11.0. The number of hydrogen-bond acceptors (Lipinski definition) is 4. The molecule has 0 bridgehead atoms. The third-order valence-electron chi connectivity index (χ3n) is 3.21. The van der Waals surface area contributed by atoms with Crippen LogP contribution in [0.5, 0.6) is 5.75 Å². The number of hydrogen-bond donors (Lipinski definition) is 1. The first-order chi connectivity index (χ1) is 8.72. The zero-order valence-electron chi connectivity index (χ0n) is 10.2. The van der Waals surface area contributed by atoms with Crippen molar-refractivity contribution in [1.29, 1.82) is 0 Å². The predicted molar refractivity (Wildman–Crippen MR) is 70.9 cm³/mol. The van der Waals surface area contributed by atoms with E-state index in [4.69, 9.17) is 4.74 Å². The van der Waals surface area contributed by atoms with Crippen molar-refractivity contribution in [2.75, 3.05) is 0 Å². The molecule has 1 aromatic carbocycles. The van der Waals surface area contributed by atoms with Crippen molar-refractivity contribution < 1.29 is 9.84 Å². The summed E-state index contributed by atoms with van der Waals surface area (Å²) < 4.78 is 5.75. The van der Waals surface area contributed by atoms with Gasteiger partial charge in [0, 0.05) is 6.20 Å². The molecular weight excluding hydrogens is 246 g/mol. The minimum Gasteiger partial charge on any atom is -0.488 e. The Morgan fingerprint density at radius 2 is 2.39 bits per heavy atom. The van der Waals surface area contributed by atoms with Gasteiger partial charge in [-0.2, -0.15) is 0 Å². The van der Waals surface area contributed by atoms with E-state index in [1.54, 1.807) is 11.3 Å². The normalized spacial score (nSPS) is 17.8. The lowest BCUT2D eigenvalue weighted by molar-refractivity contribution is 0.180. The Morgan fingerprint density at radius 1 is 1.50 bits per heavy atom. The van der Waals surface area contributed by atoms with Crippen LogP contribution in [0.3, 0.4) is 0 Å². The van der Waals surface area contributed by atoms with Crippen LogP contribution in [-0.2, 0) is 13.0 Å². The second-order valence-corrected chi connectivity index (χ2v) is 5.87. The Morgan fingerprint density at radius 3 is 3.17 bits per heavy atom. The van der Waals surface area contributed by atoms with Gasteiger partial charge in [0.2, 0.25) is 0 Å². The van der Waals surface area contributed by atoms with Gasteiger partial charge in [-0.25, -0.2) is 4.98 Å². The summed E-state index contributed by atoms with van der Waals surface area (Å²) in [5.74, 6) is 0.869. The number of aliphatic hydroxyl groups excluding tert-OH is 1. The molecule has 0 unspecified atom stereocenters. The first-order valence-corrected chi connectivity index (χ1v) is 6.89. The van der Waals surface area contributed by atoms with Crippen LogP contribution in [0.2, 0.25) is 0 Å². The number of rotatable bonds is 3. The first kappa shape index (κ1) is 11.7. The summed E-state index contributed by atoms with van der Waals surface area (Å²) in [7, 11) is 0. The van der Waals surface area contributed by atoms with E-state index >= 15 is 0 Å². The lowest BCUT2D eigenvalue weighted by Crippen LogP contribution is -1.95. The van der Waals surface area contributed by atoms with Gasteiger partial charge < -0.3 is 9.84 Å². The van der Waals surface area contributed by atoms with E-state index in [0.29, 0.717) is 6.61 Å². The van der Waals surface area contributed by atoms with Crippen LogP contribution in [0.1, 0.15) is 33.5 Å². The second kappa shape index (κ2) is 4.71. The molecule has 0 saturated heterocycles. The quantitative estimate of drug-likeness (QED) is 0.923. The van der Waals surface area contributed by atoms with Gasteiger partial charge in [0.05, 0.1) is 16.0 Å². The van der Waals surface area contributed by atoms with Gasteiger partial charge in [-0.15, -0.1) is 11.3 Å². The molecule has 1 aliphatic rings. The molecule has 1 heterocycles. The maximum Gasteiger partial charge on any atom is 0.124 e. The molecule has 1 N–H and O–H groups in total. The molecule has 1 atom stereocenters. The predicted octanol–water partition coefficient (Wildman–Crippen LogP) is 3.01. The van der Waals surface area contributed by atoms with Crippen molar-refractivity contribution in [2.45, 2.75) is 32.5 Å². The van der Waals surface area contributed by atoms with Crippen molar-refractivity contribution in [3.05, 3.63) is 45.4 Å². The van der Waals surface area contributed by atoms with Crippen molar-refractivity contribution in [3.8, 4) is 5.75 Å². The summed E-state index contributed by atoms with van der Waals surface area (Å²) in [4.78, 5) is 5.33. The Kier molecular flexibility index (Phi) is 3.06. The molecule has 0 fully saturated rings. The average Bonchev–Trinajstić information content (AvgIpc) is 2.94. The molecule has 2 aromatic rings. The minimum absolute atomic E-state index is 0.293. The average molecular weight is 261 g/mol. The first-order valence-electron chi connectivity index (χ1n) is 6.07. The lowest BCUT2D eigenvalue weighted by atomic mass is 10.1. The van der Waals surface area contributed by atoms with E-state index in [1.165, 1.54) is 5.56 Å². The van der Waals surface area contributed by atoms with Gasteiger partial charge in [0.15, 0.2) is 0 Å². The molecule has 3 rings (SSSR count). The fourth-order valence-corrected chi connectivity index (χ4v) is 3.00. The third kappa shape index (κ3) is 2.26. The van der Waals surface area contributed by atoms with Crippen LogP contribution >= 0.6 is 11.3 Å². The van der Waals surface area contributed by atoms with Crippen molar-refractivity contribution in [2.24, 2.45) is 0 Å². The maximum absolute atomic E-state index is 9.74. The molecule has 0 radical (unpaired) electrons. The van der Waals surface area contributed by atoms with Crippen molar-refractivity contribution in [1.82, 2.24) is 4.98 Å². The zero-order chi connectivity index (χ0) is 12.5. The van der Waals surface area contributed by atoms with Crippen LogP contribution in [-0.4, -0.2) is 10.1 Å². The lowest BCUT2D eigenvalue weighted by Gasteiger charge is -2.08. The molecule has 4 heteroatoms. The van der Waals surface area contributed by atoms with Gasteiger partial charge in [-0.1, -0.05) is 6.07 Å². The molecule has 1 aliphatic carbocycles. The summed E-state index contributed by atoms with van der Waals surface area (Å²) in [6.07, 6.45) is 3.33. The molecular formula is C14H15NO2S. The van der Waals surface area contributed by atoms with Crippen LogP contribution in [0, 0.1) is 6.92 Å². The fourth-order valence-electron chi connectivity index (χ4n) is 2.29. The Labute approximate surface area is 110 Å². The van der Waals surface area contributed by atoms with Crippen LogP contribution in [0.4, 0.5) is 0 Å². The standard InChI is InChI=1S/C14H15NO2S/c1-9-15-7-12(18-9)8-17-11-3-4-13-10(6-11)2-5-14(13)16/h3-4,6-7,14,16H,2,5,8H2,1H3/t14-/m1/s1. The highest BCUT2D eigenvalue weighted by atomic mass is 32.1. The van der Waals surface area contributed by atoms with Crippen LogP contribution in [0.25, 0.3) is 0 Å². The largest absolute Gasteiger partial charge is 0.488 e. The van der Waals surface area contributed by atoms with Crippen LogP contribution in [0.15, 0.2) is 24.4 Å². The van der Waals surface area contributed by atoms with Gasteiger partial charge in [0.25, 0.3) is 0 Å². The molecule has 0 saturated carbocycles. The van der Waals surface area contributed by atoms with Gasteiger partial charge >= 0.3 is 0 Å². The molecule has 3 nitrogen and oxygen atoms in total. The van der Waals surface area contributed by atoms with Gasteiger partial charge in [0.1, 0.15) is 12.4 Å². The fraction of sp³-hybridized carbons (Fsp3) is 0.357. The number of ether oxygens (including phenoxy) is 1. The number of thiazole rings is 1. The van der Waals surface area contributed by atoms with Gasteiger partial charge in [-0.05, 0) is 43.0 Å². The summed E-state index contributed by atoms with van der Waals surface area (Å²) in [6, 6.07) is 5.95. The molecule has 0 aliphatic heterocycles. The Hall–Kier alpha value is -1.39. The van der Waals surface area contributed by atoms with E-state index in [2.05, 4.69) is 4.98 Å². The summed E-state index contributed by atoms with van der Waals surface area (Å²) in [5.41, 5.74) is 2.26. The number of benzene rings is 1. The van der Waals surface area contributed by atoms with E-state index in [-0.39, 0.29) is 6.10 Å². The van der Waals surface area contributed by atoms with Crippen LogP contribution < -0.4 is 4.74 Å². The Balaban J connectivity index is 1.70. The third-order valence-corrected chi connectivity index (χ3v) is 4.10. The summed E-state index contributed by atoms with van der Waals surface area (Å²) in [5, 5.41) is 10.8. The summed E-state index contributed by atoms with van der Waals surface area (Å²) in [6.45, 7) is 2.55. The smallest absolute Gasteiger partial charge is 0.124 e. The highest BCUT2D eigenvalue weighted by Crippen LogP contribution is 2.33. The monoisotopic (exact) mass is 261 g/mol. The number of nitrogens with zero attached hydrogens (tertiary/aromatic N) is 1. The highest BCUT2D eigenvalue weighted by Gasteiger charge is 2.20. The number of aliphatic hydroxyl groups is 1. The highest BCUT2D eigenvalue weighted by molar-refractivity contribution is 7.11. The summed E-state index contributed by atoms with van der Waals surface area (Å²) >= 11 is 1.66. The molecule has 94 valence electrons. The molecule has 0 amide bonds. The number of fused-ring (bicyclic) bond motifs is 1. The SMILES string of the molecule is Cc1ncc(COc2ccc3c(c2)CC[C@H]3O)s1. The van der Waals surface area contributed by atoms with E-state index < -0.39 is 0 Å². The van der Waals surface area contributed by atoms with E-state index in [9.17, 15) is 5.11 Å². The minimum atomic E-state index is -0.293. The van der Waals surface area contributed by atoms with Gasteiger partial charge in [-0.3, -0.25) is 0 Å². The Bertz CT molecular complexity index is 565. The van der Waals surface area contributed by atoms with Crippen molar-refractivity contribution >= 4 is 11.3 Å². The molecule has 1 aromatic heterocycles. The van der Waals surface area contributed by atoms with Crippen molar-refractivity contribution in [3.63, 3.8) is 0 Å². The number of aryl methyl sites for hydroxylation is 2. The second-order valence-electron chi connectivity index (χ2n) is 4.55.